The number of aliphatic hydroxyl groups excluding tert-OH is 1. The summed E-state index contributed by atoms with van der Waals surface area (Å²) >= 11 is 0. The zero-order valence-corrected chi connectivity index (χ0v) is 13.4. The fourth-order valence-corrected chi connectivity index (χ4v) is 1.67. The number of nitrogens with one attached hydrogen (secondary N) is 1. The van der Waals surface area contributed by atoms with E-state index < -0.39 is 6.10 Å². The van der Waals surface area contributed by atoms with Gasteiger partial charge in [0.05, 0.1) is 38.6 Å². The Bertz CT molecular complexity index is 428. The number of carbonyl (C=O) groups is 1. The molecular weight excluding hydrogens is 286 g/mol. The number of likely N-dealkylation sites (N-methyl/N-ethyl adjacent to an activating group) is 1. The van der Waals surface area contributed by atoms with E-state index in [1.807, 2.05) is 13.8 Å². The number of hydrogen-bond donors (Lipinski definition) is 2. The predicted octanol–water partition coefficient (Wildman–Crippen LogP) is 1.35. The molecule has 22 heavy (non-hydrogen) atoms. The van der Waals surface area contributed by atoms with Crippen molar-refractivity contribution < 1.29 is 19.4 Å². The molecule has 0 bridgehead atoms. The van der Waals surface area contributed by atoms with Crippen molar-refractivity contribution >= 4 is 11.7 Å². The Hall–Kier alpha value is -1.70. The maximum atomic E-state index is 11.9. The van der Waals surface area contributed by atoms with Gasteiger partial charge in [0, 0.05) is 25.1 Å². The van der Waals surface area contributed by atoms with Crippen LogP contribution in [0.25, 0.3) is 0 Å². The van der Waals surface area contributed by atoms with Crippen LogP contribution in [0, 0.1) is 0 Å². The quantitative estimate of drug-likeness (QED) is 0.673. The maximum absolute atomic E-state index is 11.9. The number of carbonyl (C=O) groups excluding carboxylic acids is 1. The van der Waals surface area contributed by atoms with E-state index in [1.54, 1.807) is 31.6 Å². The van der Waals surface area contributed by atoms with E-state index >= 15 is 0 Å². The number of hydrogen-bond acceptors (Lipinski definition) is 5. The summed E-state index contributed by atoms with van der Waals surface area (Å²) in [7, 11) is 1.61. The second-order valence-electron chi connectivity index (χ2n) is 5.19. The summed E-state index contributed by atoms with van der Waals surface area (Å²) < 4.78 is 10.6. The number of pyridine rings is 1. The molecule has 1 aromatic heterocycles. The van der Waals surface area contributed by atoms with Gasteiger partial charge in [0.1, 0.15) is 0 Å². The lowest BCUT2D eigenvalue weighted by Gasteiger charge is -2.21. The van der Waals surface area contributed by atoms with E-state index in [0.29, 0.717) is 18.9 Å². The fraction of sp³-hybridized carbons (Fsp3) is 0.600. The number of anilines is 1. The third kappa shape index (κ3) is 7.92. The largest absolute Gasteiger partial charge is 0.389 e. The monoisotopic (exact) mass is 311 g/mol. The summed E-state index contributed by atoms with van der Waals surface area (Å²) in [6.07, 6.45) is 2.61. The third-order valence-electron chi connectivity index (χ3n) is 2.75. The van der Waals surface area contributed by atoms with Crippen LogP contribution in [0.2, 0.25) is 0 Å². The summed E-state index contributed by atoms with van der Waals surface area (Å²) in [5.41, 5.74) is 0.656. The van der Waals surface area contributed by atoms with Gasteiger partial charge in [-0.2, -0.15) is 0 Å². The molecule has 1 atom stereocenters. The number of ether oxygens (including phenoxy) is 2. The number of amides is 2. The van der Waals surface area contributed by atoms with Crippen molar-refractivity contribution in [1.29, 1.82) is 0 Å². The van der Waals surface area contributed by atoms with Gasteiger partial charge in [-0.15, -0.1) is 0 Å². The molecule has 1 aromatic rings. The highest BCUT2D eigenvalue weighted by Crippen LogP contribution is 2.04. The van der Waals surface area contributed by atoms with E-state index in [4.69, 9.17) is 9.47 Å². The molecule has 0 aliphatic carbocycles. The molecule has 0 radical (unpaired) electrons. The molecule has 124 valence electrons. The van der Waals surface area contributed by atoms with Gasteiger partial charge < -0.3 is 24.8 Å². The van der Waals surface area contributed by atoms with Crippen LogP contribution in [-0.2, 0) is 9.47 Å². The average molecular weight is 311 g/mol. The minimum Gasteiger partial charge on any atom is -0.389 e. The second kappa shape index (κ2) is 10.1. The van der Waals surface area contributed by atoms with Gasteiger partial charge in [-0.25, -0.2) is 4.79 Å². The minimum atomic E-state index is -0.743. The Labute approximate surface area is 131 Å². The first-order chi connectivity index (χ1) is 10.5. The van der Waals surface area contributed by atoms with E-state index in [1.165, 1.54) is 4.90 Å². The standard InChI is InChI=1S/C15H25N3O4/c1-12(2)22-9-8-21-11-14(19)10-18(3)15(20)17-13-4-6-16-7-5-13/h4-7,12,14,19H,8-11H2,1-3H3,(H,16,17,20)/t14-/m0/s1. The van der Waals surface area contributed by atoms with Crippen LogP contribution < -0.4 is 5.32 Å². The maximum Gasteiger partial charge on any atom is 0.321 e. The first-order valence-corrected chi connectivity index (χ1v) is 7.28. The third-order valence-corrected chi connectivity index (χ3v) is 2.75. The van der Waals surface area contributed by atoms with Crippen molar-refractivity contribution in [3.8, 4) is 0 Å². The molecule has 0 saturated carbocycles. The number of nitrogens with zero attached hydrogens (tertiary/aromatic N) is 2. The summed E-state index contributed by atoms with van der Waals surface area (Å²) in [5, 5.41) is 12.6. The summed E-state index contributed by atoms with van der Waals surface area (Å²) in [5.74, 6) is 0. The van der Waals surface area contributed by atoms with Crippen LogP contribution in [0.1, 0.15) is 13.8 Å². The van der Waals surface area contributed by atoms with Crippen molar-refractivity contribution in [2.24, 2.45) is 0 Å². The van der Waals surface area contributed by atoms with Crippen molar-refractivity contribution in [3.63, 3.8) is 0 Å². The zero-order valence-electron chi connectivity index (χ0n) is 13.4. The fourth-order valence-electron chi connectivity index (χ4n) is 1.67. The molecule has 2 N–H and O–H groups in total. The Kier molecular flexibility index (Phi) is 8.42. The van der Waals surface area contributed by atoms with Crippen molar-refractivity contribution in [2.75, 3.05) is 38.7 Å². The first-order valence-electron chi connectivity index (χ1n) is 7.28. The molecule has 1 rings (SSSR count). The lowest BCUT2D eigenvalue weighted by Crippen LogP contribution is -2.39. The molecule has 1 heterocycles. The Balaban J connectivity index is 2.20. The highest BCUT2D eigenvalue weighted by atomic mass is 16.5. The zero-order chi connectivity index (χ0) is 16.4. The highest BCUT2D eigenvalue weighted by molar-refractivity contribution is 5.88. The number of urea groups is 1. The number of aromatic nitrogens is 1. The molecule has 0 unspecified atom stereocenters. The van der Waals surface area contributed by atoms with Gasteiger partial charge in [-0.05, 0) is 26.0 Å². The number of rotatable bonds is 9. The van der Waals surface area contributed by atoms with Gasteiger partial charge in [-0.3, -0.25) is 4.98 Å². The Morgan fingerprint density at radius 1 is 1.36 bits per heavy atom. The summed E-state index contributed by atoms with van der Waals surface area (Å²) in [6, 6.07) is 3.09. The van der Waals surface area contributed by atoms with Crippen molar-refractivity contribution in [1.82, 2.24) is 9.88 Å². The SMILES string of the molecule is CC(C)OCCOC[C@@H](O)CN(C)C(=O)Nc1ccncc1. The molecule has 2 amide bonds. The molecule has 0 aliphatic rings. The van der Waals surface area contributed by atoms with Crippen LogP contribution in [-0.4, -0.2) is 66.6 Å². The average Bonchev–Trinajstić information content (AvgIpc) is 2.47. The van der Waals surface area contributed by atoms with E-state index in [9.17, 15) is 9.90 Å². The number of aliphatic hydroxyl groups is 1. The molecule has 0 spiro atoms. The minimum absolute atomic E-state index is 0.161. The predicted molar refractivity (Wildman–Crippen MR) is 83.8 cm³/mol. The van der Waals surface area contributed by atoms with Crippen LogP contribution >= 0.6 is 0 Å². The molecule has 0 saturated heterocycles. The molecule has 0 aliphatic heterocycles. The van der Waals surface area contributed by atoms with E-state index in [-0.39, 0.29) is 25.3 Å². The van der Waals surface area contributed by atoms with Crippen LogP contribution in [0.15, 0.2) is 24.5 Å². The molecular formula is C15H25N3O4. The Morgan fingerprint density at radius 3 is 2.68 bits per heavy atom. The van der Waals surface area contributed by atoms with Crippen molar-refractivity contribution in [2.45, 2.75) is 26.1 Å². The molecule has 7 nitrogen and oxygen atoms in total. The van der Waals surface area contributed by atoms with Crippen LogP contribution in [0.3, 0.4) is 0 Å². The van der Waals surface area contributed by atoms with Crippen LogP contribution in [0.5, 0.6) is 0 Å². The first kappa shape index (κ1) is 18.3. The van der Waals surface area contributed by atoms with Gasteiger partial charge in [0.2, 0.25) is 0 Å². The summed E-state index contributed by atoms with van der Waals surface area (Å²) in [4.78, 5) is 17.2. The lowest BCUT2D eigenvalue weighted by atomic mass is 10.3. The van der Waals surface area contributed by atoms with Crippen LogP contribution in [0.4, 0.5) is 10.5 Å². The molecule has 0 aromatic carbocycles. The van der Waals surface area contributed by atoms with Gasteiger partial charge >= 0.3 is 6.03 Å². The van der Waals surface area contributed by atoms with Gasteiger partial charge in [-0.1, -0.05) is 0 Å². The topological polar surface area (TPSA) is 83.9 Å². The van der Waals surface area contributed by atoms with E-state index in [0.717, 1.165) is 0 Å². The molecule has 0 fully saturated rings. The lowest BCUT2D eigenvalue weighted by molar-refractivity contribution is -0.0144. The van der Waals surface area contributed by atoms with Crippen molar-refractivity contribution in [3.05, 3.63) is 24.5 Å². The Morgan fingerprint density at radius 2 is 2.05 bits per heavy atom. The summed E-state index contributed by atoms with van der Waals surface area (Å²) in [6.45, 7) is 5.15. The normalized spacial score (nSPS) is 12.2. The van der Waals surface area contributed by atoms with E-state index in [2.05, 4.69) is 10.3 Å². The molecule has 7 heteroatoms. The smallest absolute Gasteiger partial charge is 0.321 e. The van der Waals surface area contributed by atoms with Gasteiger partial charge in [0.15, 0.2) is 0 Å². The van der Waals surface area contributed by atoms with Gasteiger partial charge in [0.25, 0.3) is 0 Å². The highest BCUT2D eigenvalue weighted by Gasteiger charge is 2.14. The second-order valence-corrected chi connectivity index (χ2v) is 5.19.